The molecule has 0 radical (unpaired) electrons. The second-order valence-corrected chi connectivity index (χ2v) is 4.41. The van der Waals surface area contributed by atoms with Gasteiger partial charge < -0.3 is 10.1 Å². The van der Waals surface area contributed by atoms with Crippen LogP contribution in [-0.2, 0) is 0 Å². The lowest BCUT2D eigenvalue weighted by molar-refractivity contribution is 0.272. The Labute approximate surface area is 97.3 Å². The summed E-state index contributed by atoms with van der Waals surface area (Å²) in [7, 11) is 1.92. The molecule has 2 nitrogen and oxygen atoms in total. The Kier molecular flexibility index (Phi) is 3.18. The molecule has 1 aromatic carbocycles. The molecule has 2 heteroatoms. The molecular formula is C14H19NO. The topological polar surface area (TPSA) is 21.3 Å². The van der Waals surface area contributed by atoms with E-state index in [4.69, 9.17) is 4.74 Å². The van der Waals surface area contributed by atoms with Crippen LogP contribution in [-0.4, -0.2) is 13.7 Å². The highest BCUT2D eigenvalue weighted by Gasteiger charge is 2.17. The molecule has 1 aliphatic rings. The average molecular weight is 217 g/mol. The van der Waals surface area contributed by atoms with Crippen LogP contribution in [0.25, 0.3) is 5.57 Å². The van der Waals surface area contributed by atoms with E-state index >= 15 is 0 Å². The first-order chi connectivity index (χ1) is 7.72. The summed E-state index contributed by atoms with van der Waals surface area (Å²) < 4.78 is 5.65. The van der Waals surface area contributed by atoms with Gasteiger partial charge in [-0.2, -0.15) is 0 Å². The first kappa shape index (κ1) is 11.1. The summed E-state index contributed by atoms with van der Waals surface area (Å²) in [5.41, 5.74) is 3.86. The minimum Gasteiger partial charge on any atom is -0.493 e. The second-order valence-electron chi connectivity index (χ2n) is 4.41. The standard InChI is InChI=1S/C14H19NO/c1-10-6-7-16-14-5-4-12(8-13(10)14)11(2)9-15-3/h4-5,8-10,15H,6-7H2,1-3H3/b11-9+. The lowest BCUT2D eigenvalue weighted by Crippen LogP contribution is -2.12. The molecule has 0 aromatic heterocycles. The van der Waals surface area contributed by atoms with E-state index in [1.165, 1.54) is 16.7 Å². The quantitative estimate of drug-likeness (QED) is 0.821. The molecule has 16 heavy (non-hydrogen) atoms. The number of ether oxygens (including phenoxy) is 1. The summed E-state index contributed by atoms with van der Waals surface area (Å²) >= 11 is 0. The molecule has 1 aromatic rings. The Balaban J connectivity index is 2.37. The summed E-state index contributed by atoms with van der Waals surface area (Å²) in [6.45, 7) is 5.23. The van der Waals surface area contributed by atoms with Crippen LogP contribution in [0, 0.1) is 0 Å². The number of fused-ring (bicyclic) bond motifs is 1. The van der Waals surface area contributed by atoms with Gasteiger partial charge in [-0.3, -0.25) is 0 Å². The van der Waals surface area contributed by atoms with Crippen molar-refractivity contribution in [2.24, 2.45) is 0 Å². The summed E-state index contributed by atoms with van der Waals surface area (Å²) in [5.74, 6) is 1.66. The molecule has 1 heterocycles. The van der Waals surface area contributed by atoms with Crippen molar-refractivity contribution in [3.05, 3.63) is 35.5 Å². The predicted molar refractivity (Wildman–Crippen MR) is 67.7 cm³/mol. The van der Waals surface area contributed by atoms with E-state index in [0.717, 1.165) is 18.8 Å². The normalized spacial score (nSPS) is 19.9. The molecule has 2 rings (SSSR count). The van der Waals surface area contributed by atoms with Crippen molar-refractivity contribution in [3.63, 3.8) is 0 Å². The maximum absolute atomic E-state index is 5.65. The molecule has 1 unspecified atom stereocenters. The van der Waals surface area contributed by atoms with Gasteiger partial charge in [0.2, 0.25) is 0 Å². The van der Waals surface area contributed by atoms with Gasteiger partial charge in [0.15, 0.2) is 0 Å². The molecule has 0 fully saturated rings. The van der Waals surface area contributed by atoms with Crippen LogP contribution in [0.5, 0.6) is 5.75 Å². The Morgan fingerprint density at radius 3 is 3.06 bits per heavy atom. The molecule has 0 spiro atoms. The van der Waals surface area contributed by atoms with Gasteiger partial charge in [-0.25, -0.2) is 0 Å². The summed E-state index contributed by atoms with van der Waals surface area (Å²) in [6, 6.07) is 6.47. The molecule has 1 aliphatic heterocycles. The molecule has 0 saturated heterocycles. The van der Waals surface area contributed by atoms with E-state index in [0.29, 0.717) is 5.92 Å². The monoisotopic (exact) mass is 217 g/mol. The zero-order valence-electron chi connectivity index (χ0n) is 10.2. The van der Waals surface area contributed by atoms with E-state index in [1.54, 1.807) is 0 Å². The smallest absolute Gasteiger partial charge is 0.122 e. The SMILES string of the molecule is CN/C=C(\C)c1ccc2c(c1)C(C)CCO2. The van der Waals surface area contributed by atoms with E-state index < -0.39 is 0 Å². The number of benzene rings is 1. The van der Waals surface area contributed by atoms with Crippen molar-refractivity contribution in [3.8, 4) is 5.75 Å². The van der Waals surface area contributed by atoms with Crippen LogP contribution >= 0.6 is 0 Å². The Morgan fingerprint density at radius 1 is 1.50 bits per heavy atom. The Morgan fingerprint density at radius 2 is 2.31 bits per heavy atom. The van der Waals surface area contributed by atoms with Gasteiger partial charge in [0.05, 0.1) is 6.61 Å². The molecule has 0 bridgehead atoms. The third-order valence-corrected chi connectivity index (χ3v) is 3.17. The molecule has 0 aliphatic carbocycles. The first-order valence-electron chi connectivity index (χ1n) is 5.83. The van der Waals surface area contributed by atoms with Crippen LogP contribution in [0.3, 0.4) is 0 Å². The maximum atomic E-state index is 5.65. The van der Waals surface area contributed by atoms with Gasteiger partial charge in [0, 0.05) is 7.05 Å². The molecule has 0 amide bonds. The third-order valence-electron chi connectivity index (χ3n) is 3.17. The van der Waals surface area contributed by atoms with E-state index in [2.05, 4.69) is 37.4 Å². The Hall–Kier alpha value is -1.44. The average Bonchev–Trinajstić information content (AvgIpc) is 2.29. The minimum absolute atomic E-state index is 0.603. The molecule has 1 atom stereocenters. The minimum atomic E-state index is 0.603. The third kappa shape index (κ3) is 2.06. The summed E-state index contributed by atoms with van der Waals surface area (Å²) in [6.07, 6.45) is 3.14. The van der Waals surface area contributed by atoms with Gasteiger partial charge in [-0.05, 0) is 54.3 Å². The van der Waals surface area contributed by atoms with Crippen LogP contribution in [0.4, 0.5) is 0 Å². The fourth-order valence-electron chi connectivity index (χ4n) is 2.11. The maximum Gasteiger partial charge on any atom is 0.122 e. The van der Waals surface area contributed by atoms with Crippen LogP contribution in [0.15, 0.2) is 24.4 Å². The lowest BCUT2D eigenvalue weighted by Gasteiger charge is -2.23. The van der Waals surface area contributed by atoms with Crippen molar-refractivity contribution in [1.82, 2.24) is 5.32 Å². The van der Waals surface area contributed by atoms with Crippen molar-refractivity contribution in [2.45, 2.75) is 26.2 Å². The van der Waals surface area contributed by atoms with Crippen LogP contribution < -0.4 is 10.1 Å². The van der Waals surface area contributed by atoms with Gasteiger partial charge in [0.1, 0.15) is 5.75 Å². The highest BCUT2D eigenvalue weighted by molar-refractivity contribution is 5.65. The number of nitrogens with one attached hydrogen (secondary N) is 1. The van der Waals surface area contributed by atoms with Gasteiger partial charge >= 0.3 is 0 Å². The molecule has 0 saturated carbocycles. The highest BCUT2D eigenvalue weighted by Crippen LogP contribution is 2.35. The zero-order valence-corrected chi connectivity index (χ0v) is 10.2. The predicted octanol–water partition coefficient (Wildman–Crippen LogP) is 3.15. The molecule has 86 valence electrons. The van der Waals surface area contributed by atoms with Crippen molar-refractivity contribution in [1.29, 1.82) is 0 Å². The van der Waals surface area contributed by atoms with Gasteiger partial charge in [0.25, 0.3) is 0 Å². The second kappa shape index (κ2) is 4.60. The summed E-state index contributed by atoms with van der Waals surface area (Å²) in [5, 5.41) is 3.06. The highest BCUT2D eigenvalue weighted by atomic mass is 16.5. The van der Waals surface area contributed by atoms with Crippen molar-refractivity contribution < 1.29 is 4.74 Å². The van der Waals surface area contributed by atoms with E-state index in [1.807, 2.05) is 13.2 Å². The zero-order chi connectivity index (χ0) is 11.5. The van der Waals surface area contributed by atoms with Gasteiger partial charge in [-0.15, -0.1) is 0 Å². The summed E-state index contributed by atoms with van der Waals surface area (Å²) in [4.78, 5) is 0. The van der Waals surface area contributed by atoms with Gasteiger partial charge in [-0.1, -0.05) is 13.0 Å². The largest absolute Gasteiger partial charge is 0.493 e. The number of rotatable bonds is 2. The fraction of sp³-hybridized carbons (Fsp3) is 0.429. The Bertz CT molecular complexity index is 409. The number of allylic oxidation sites excluding steroid dienone is 1. The number of hydrogen-bond donors (Lipinski definition) is 1. The molecular weight excluding hydrogens is 198 g/mol. The van der Waals surface area contributed by atoms with Crippen LogP contribution in [0.2, 0.25) is 0 Å². The fourth-order valence-corrected chi connectivity index (χ4v) is 2.11. The van der Waals surface area contributed by atoms with Crippen molar-refractivity contribution >= 4 is 5.57 Å². The molecule has 1 N–H and O–H groups in total. The lowest BCUT2D eigenvalue weighted by atomic mass is 9.92. The van der Waals surface area contributed by atoms with Crippen LogP contribution in [0.1, 0.15) is 37.3 Å². The number of hydrogen-bond acceptors (Lipinski definition) is 2. The first-order valence-corrected chi connectivity index (χ1v) is 5.83. The van der Waals surface area contributed by atoms with E-state index in [9.17, 15) is 0 Å². The van der Waals surface area contributed by atoms with E-state index in [-0.39, 0.29) is 0 Å². The van der Waals surface area contributed by atoms with Crippen molar-refractivity contribution in [2.75, 3.05) is 13.7 Å².